The molecule has 0 saturated carbocycles. The summed E-state index contributed by atoms with van der Waals surface area (Å²) in [5, 5.41) is 5.25. The number of amides is 2. The predicted octanol–water partition coefficient (Wildman–Crippen LogP) is 1.73. The maximum absolute atomic E-state index is 11.9. The predicted molar refractivity (Wildman–Crippen MR) is 106 cm³/mol. The summed E-state index contributed by atoms with van der Waals surface area (Å²) >= 11 is 0. The maximum atomic E-state index is 11.9. The van der Waals surface area contributed by atoms with E-state index in [1.165, 1.54) is 11.1 Å². The number of rotatable bonds is 7. The quantitative estimate of drug-likeness (QED) is 0.737. The molecular formula is C20H30N2O4S. The molecule has 1 aromatic rings. The highest BCUT2D eigenvalue weighted by Crippen LogP contribution is 2.22. The Labute approximate surface area is 162 Å². The van der Waals surface area contributed by atoms with Crippen LogP contribution in [0.5, 0.6) is 0 Å². The summed E-state index contributed by atoms with van der Waals surface area (Å²) in [5.74, 6) is -0.416. The molecule has 0 bridgehead atoms. The smallest absolute Gasteiger partial charge is 0.239 e. The first kappa shape index (κ1) is 21.4. The van der Waals surface area contributed by atoms with Gasteiger partial charge in [-0.1, -0.05) is 45.0 Å². The van der Waals surface area contributed by atoms with Crippen LogP contribution in [0.25, 0.3) is 0 Å². The molecule has 1 atom stereocenters. The molecule has 0 spiro atoms. The number of carbonyl (C=O) groups excluding carboxylic acids is 2. The SMILES string of the molecule is CC(C)(C)c1ccc(CCCC(=O)NCC(=O)NC2CCS(=O)(=O)C2)cc1. The number of hydrogen-bond donors (Lipinski definition) is 2. The standard InChI is InChI=1S/C20H30N2O4S/c1-20(2,3)16-9-7-15(8-10-16)5-4-6-18(23)21-13-19(24)22-17-11-12-27(25,26)14-17/h7-10,17H,4-6,11-14H2,1-3H3,(H,21,23)(H,22,24). The molecule has 1 fully saturated rings. The van der Waals surface area contributed by atoms with Crippen molar-refractivity contribution < 1.29 is 18.0 Å². The Balaban J connectivity index is 1.64. The fourth-order valence-electron chi connectivity index (χ4n) is 3.08. The first-order valence-electron chi connectivity index (χ1n) is 9.41. The topological polar surface area (TPSA) is 92.3 Å². The third-order valence-corrected chi connectivity index (χ3v) is 6.50. The lowest BCUT2D eigenvalue weighted by molar-refractivity contribution is -0.126. The van der Waals surface area contributed by atoms with Crippen molar-refractivity contribution in [2.75, 3.05) is 18.1 Å². The van der Waals surface area contributed by atoms with Crippen molar-refractivity contribution in [3.05, 3.63) is 35.4 Å². The van der Waals surface area contributed by atoms with Crippen LogP contribution in [-0.2, 0) is 31.3 Å². The second-order valence-electron chi connectivity index (χ2n) is 8.24. The minimum Gasteiger partial charge on any atom is -0.351 e. The van der Waals surface area contributed by atoms with Gasteiger partial charge in [0.1, 0.15) is 0 Å². The number of nitrogens with one attached hydrogen (secondary N) is 2. The Kier molecular flexibility index (Phi) is 7.03. The minimum atomic E-state index is -3.02. The Hall–Kier alpha value is -1.89. The van der Waals surface area contributed by atoms with Gasteiger partial charge in [0.25, 0.3) is 0 Å². The molecule has 27 heavy (non-hydrogen) atoms. The summed E-state index contributed by atoms with van der Waals surface area (Å²) in [6.07, 6.45) is 2.31. The zero-order chi connectivity index (χ0) is 20.1. The molecule has 7 heteroatoms. The van der Waals surface area contributed by atoms with Crippen LogP contribution in [0.2, 0.25) is 0 Å². The van der Waals surface area contributed by atoms with Crippen LogP contribution in [0, 0.1) is 0 Å². The fraction of sp³-hybridized carbons (Fsp3) is 0.600. The first-order valence-corrected chi connectivity index (χ1v) is 11.2. The molecule has 150 valence electrons. The summed E-state index contributed by atoms with van der Waals surface area (Å²) in [4.78, 5) is 23.7. The maximum Gasteiger partial charge on any atom is 0.239 e. The zero-order valence-corrected chi connectivity index (χ0v) is 17.2. The number of aryl methyl sites for hydroxylation is 1. The van der Waals surface area contributed by atoms with Gasteiger partial charge in [0.15, 0.2) is 9.84 Å². The fourth-order valence-corrected chi connectivity index (χ4v) is 4.75. The van der Waals surface area contributed by atoms with Gasteiger partial charge < -0.3 is 10.6 Å². The molecule has 2 N–H and O–H groups in total. The minimum absolute atomic E-state index is 0.0132. The van der Waals surface area contributed by atoms with E-state index < -0.39 is 9.84 Å². The lowest BCUT2D eigenvalue weighted by Gasteiger charge is -2.19. The van der Waals surface area contributed by atoms with Crippen molar-refractivity contribution in [1.82, 2.24) is 10.6 Å². The number of hydrogen-bond acceptors (Lipinski definition) is 4. The van der Waals surface area contributed by atoms with Gasteiger partial charge >= 0.3 is 0 Å². The Morgan fingerprint density at radius 2 is 1.78 bits per heavy atom. The van der Waals surface area contributed by atoms with Gasteiger partial charge in [0.05, 0.1) is 18.1 Å². The monoisotopic (exact) mass is 394 g/mol. The lowest BCUT2D eigenvalue weighted by atomic mass is 9.86. The third kappa shape index (κ3) is 7.33. The van der Waals surface area contributed by atoms with E-state index in [0.29, 0.717) is 19.3 Å². The van der Waals surface area contributed by atoms with Crippen molar-refractivity contribution >= 4 is 21.7 Å². The molecule has 1 saturated heterocycles. The summed E-state index contributed by atoms with van der Waals surface area (Å²) in [7, 11) is -3.02. The summed E-state index contributed by atoms with van der Waals surface area (Å²) in [6, 6.07) is 8.12. The van der Waals surface area contributed by atoms with Crippen molar-refractivity contribution in [2.24, 2.45) is 0 Å². The van der Waals surface area contributed by atoms with Crippen LogP contribution in [0.4, 0.5) is 0 Å². The molecule has 0 aliphatic carbocycles. The number of carbonyl (C=O) groups is 2. The Bertz CT molecular complexity index is 764. The Morgan fingerprint density at radius 1 is 1.11 bits per heavy atom. The largest absolute Gasteiger partial charge is 0.351 e. The molecule has 1 aliphatic heterocycles. The van der Waals surface area contributed by atoms with Gasteiger partial charge in [-0.05, 0) is 35.8 Å². The van der Waals surface area contributed by atoms with Crippen LogP contribution < -0.4 is 10.6 Å². The molecule has 1 aromatic carbocycles. The van der Waals surface area contributed by atoms with Crippen LogP contribution in [-0.4, -0.2) is 44.3 Å². The molecule has 0 aromatic heterocycles. The second kappa shape index (κ2) is 8.87. The van der Waals surface area contributed by atoms with E-state index in [1.54, 1.807) is 0 Å². The molecule has 6 nitrogen and oxygen atoms in total. The van der Waals surface area contributed by atoms with Gasteiger partial charge in [0.2, 0.25) is 11.8 Å². The summed E-state index contributed by atoms with van der Waals surface area (Å²) in [5.41, 5.74) is 2.60. The third-order valence-electron chi connectivity index (χ3n) is 4.73. The average Bonchev–Trinajstić information content (AvgIpc) is 2.91. The van der Waals surface area contributed by atoms with Gasteiger partial charge in [-0.3, -0.25) is 9.59 Å². The summed E-state index contributed by atoms with van der Waals surface area (Å²) < 4.78 is 22.7. The van der Waals surface area contributed by atoms with E-state index in [1.807, 2.05) is 0 Å². The van der Waals surface area contributed by atoms with E-state index in [4.69, 9.17) is 0 Å². The van der Waals surface area contributed by atoms with E-state index in [0.717, 1.165) is 6.42 Å². The number of benzene rings is 1. The van der Waals surface area contributed by atoms with Crippen molar-refractivity contribution in [3.8, 4) is 0 Å². The zero-order valence-electron chi connectivity index (χ0n) is 16.4. The molecule has 1 unspecified atom stereocenters. The first-order chi connectivity index (χ1) is 12.5. The highest BCUT2D eigenvalue weighted by Gasteiger charge is 2.28. The van der Waals surface area contributed by atoms with E-state index >= 15 is 0 Å². The summed E-state index contributed by atoms with van der Waals surface area (Å²) in [6.45, 7) is 6.41. The van der Waals surface area contributed by atoms with Gasteiger partial charge in [-0.25, -0.2) is 8.42 Å². The average molecular weight is 395 g/mol. The molecule has 0 radical (unpaired) electrons. The van der Waals surface area contributed by atoms with Crippen molar-refractivity contribution in [2.45, 2.75) is 57.9 Å². The van der Waals surface area contributed by atoms with E-state index in [2.05, 4.69) is 55.7 Å². The Morgan fingerprint density at radius 3 is 2.33 bits per heavy atom. The highest BCUT2D eigenvalue weighted by molar-refractivity contribution is 7.91. The normalized spacial score (nSPS) is 18.9. The van der Waals surface area contributed by atoms with Gasteiger partial charge in [-0.15, -0.1) is 0 Å². The van der Waals surface area contributed by atoms with Crippen LogP contribution in [0.1, 0.15) is 51.2 Å². The molecule has 1 aliphatic rings. The van der Waals surface area contributed by atoms with Crippen molar-refractivity contribution in [3.63, 3.8) is 0 Å². The molecule has 1 heterocycles. The second-order valence-corrected chi connectivity index (χ2v) is 10.5. The van der Waals surface area contributed by atoms with Gasteiger partial charge in [-0.2, -0.15) is 0 Å². The van der Waals surface area contributed by atoms with Gasteiger partial charge in [0, 0.05) is 12.5 Å². The van der Waals surface area contributed by atoms with Crippen LogP contribution >= 0.6 is 0 Å². The lowest BCUT2D eigenvalue weighted by Crippen LogP contribution is -2.42. The highest BCUT2D eigenvalue weighted by atomic mass is 32.2. The molecule has 2 rings (SSSR count). The molecule has 2 amide bonds. The molecular weight excluding hydrogens is 364 g/mol. The van der Waals surface area contributed by atoms with Crippen LogP contribution in [0.15, 0.2) is 24.3 Å². The van der Waals surface area contributed by atoms with Crippen molar-refractivity contribution in [1.29, 1.82) is 0 Å². The van der Waals surface area contributed by atoms with E-state index in [-0.39, 0.29) is 41.3 Å². The van der Waals surface area contributed by atoms with E-state index in [9.17, 15) is 18.0 Å². The van der Waals surface area contributed by atoms with Crippen LogP contribution in [0.3, 0.4) is 0 Å². The number of sulfone groups is 1.